The van der Waals surface area contributed by atoms with Gasteiger partial charge in [0.25, 0.3) is 5.56 Å². The molecule has 0 bridgehead atoms. The lowest BCUT2D eigenvalue weighted by Crippen LogP contribution is -2.23. The lowest BCUT2D eigenvalue weighted by molar-refractivity contribution is 0.637. The molecule has 0 saturated heterocycles. The van der Waals surface area contributed by atoms with Gasteiger partial charge >= 0.3 is 0 Å². The molecule has 0 radical (unpaired) electrons. The Kier molecular flexibility index (Phi) is 5.93. The summed E-state index contributed by atoms with van der Waals surface area (Å²) in [6.07, 6.45) is 4.62. The highest BCUT2D eigenvalue weighted by Gasteiger charge is 2.13. The Labute approximate surface area is 183 Å². The molecule has 0 amide bonds. The third kappa shape index (κ3) is 4.07. The fraction of sp³-hybridized carbons (Fsp3) is 0.167. The molecule has 5 rings (SSSR count). The van der Waals surface area contributed by atoms with Crippen molar-refractivity contribution in [2.75, 3.05) is 5.73 Å². The average Bonchev–Trinajstić information content (AvgIpc) is 3.26. The van der Waals surface area contributed by atoms with Crippen molar-refractivity contribution in [3.8, 4) is 5.69 Å². The Morgan fingerprint density at radius 3 is 2.59 bits per heavy atom. The van der Waals surface area contributed by atoms with E-state index in [4.69, 9.17) is 5.73 Å². The van der Waals surface area contributed by atoms with Gasteiger partial charge in [-0.05, 0) is 43.0 Å². The van der Waals surface area contributed by atoms with Crippen molar-refractivity contribution in [1.82, 2.24) is 24.5 Å². The van der Waals surface area contributed by atoms with E-state index in [0.717, 1.165) is 29.8 Å². The first kappa shape index (κ1) is 21.2. The minimum absolute atomic E-state index is 0.155. The van der Waals surface area contributed by atoms with Gasteiger partial charge in [-0.25, -0.2) is 19.3 Å². The number of benzene rings is 2. The summed E-state index contributed by atoms with van der Waals surface area (Å²) in [5.41, 5.74) is 9.31. The van der Waals surface area contributed by atoms with Crippen molar-refractivity contribution in [2.45, 2.75) is 26.7 Å². The van der Waals surface area contributed by atoms with E-state index < -0.39 is 5.82 Å². The second-order valence-corrected chi connectivity index (χ2v) is 7.43. The molecule has 0 atom stereocenters. The first-order chi connectivity index (χ1) is 15.5. The van der Waals surface area contributed by atoms with E-state index in [0.29, 0.717) is 22.4 Å². The number of pyridine rings is 1. The number of hydrogen-bond acceptors (Lipinski definition) is 5. The third-order valence-electron chi connectivity index (χ3n) is 5.12. The number of nitrogen functional groups attached to an aromatic ring is 1. The lowest BCUT2D eigenvalue weighted by Gasteiger charge is -2.14. The monoisotopic (exact) mass is 430 g/mol. The van der Waals surface area contributed by atoms with E-state index in [1.165, 1.54) is 18.7 Å². The van der Waals surface area contributed by atoms with Crippen LogP contribution in [-0.4, -0.2) is 24.5 Å². The SMILES string of the molecule is CCCc1cc2cccc(F)c2c(=O)n1-c1ccc(C)cc1.Nc1ncnc2nc[nH]c12. The van der Waals surface area contributed by atoms with E-state index in [1.54, 1.807) is 16.7 Å². The second kappa shape index (κ2) is 8.97. The maximum Gasteiger partial charge on any atom is 0.266 e. The van der Waals surface area contributed by atoms with E-state index >= 15 is 0 Å². The molecule has 0 aliphatic heterocycles. The van der Waals surface area contributed by atoms with Crippen LogP contribution in [0.3, 0.4) is 0 Å². The minimum atomic E-state index is -0.466. The van der Waals surface area contributed by atoms with Gasteiger partial charge in [0.2, 0.25) is 0 Å². The number of aromatic nitrogens is 5. The molecule has 0 saturated carbocycles. The van der Waals surface area contributed by atoms with E-state index in [9.17, 15) is 9.18 Å². The maximum atomic E-state index is 14.1. The molecular formula is C24H23FN6O. The van der Waals surface area contributed by atoms with Gasteiger partial charge < -0.3 is 10.7 Å². The average molecular weight is 430 g/mol. The fourth-order valence-electron chi connectivity index (χ4n) is 3.57. The molecule has 0 aliphatic rings. The summed E-state index contributed by atoms with van der Waals surface area (Å²) in [6.45, 7) is 4.07. The smallest absolute Gasteiger partial charge is 0.266 e. The van der Waals surface area contributed by atoms with Gasteiger partial charge in [-0.3, -0.25) is 9.36 Å². The first-order valence-electron chi connectivity index (χ1n) is 10.3. The largest absolute Gasteiger partial charge is 0.382 e. The standard InChI is InChI=1S/C19H18FNO.C5H5N5/c1-3-5-16-12-14-6-4-7-17(20)18(14)19(22)21(16)15-10-8-13(2)9-11-15;6-4-3-5(9-1-7-3)10-2-8-4/h4,6-12H,3,5H2,1-2H3;1-2H,(H3,6,7,8,9,10). The number of nitrogens with zero attached hydrogens (tertiary/aromatic N) is 4. The Morgan fingerprint density at radius 2 is 1.88 bits per heavy atom. The molecule has 3 aromatic heterocycles. The molecule has 8 heteroatoms. The van der Waals surface area contributed by atoms with Gasteiger partial charge in [0, 0.05) is 11.4 Å². The predicted octanol–water partition coefficient (Wildman–Crippen LogP) is 4.33. The van der Waals surface area contributed by atoms with Crippen molar-refractivity contribution >= 4 is 27.8 Å². The van der Waals surface area contributed by atoms with Crippen LogP contribution in [0.4, 0.5) is 10.2 Å². The highest BCUT2D eigenvalue weighted by Crippen LogP contribution is 2.20. The van der Waals surface area contributed by atoms with E-state index in [1.807, 2.05) is 37.3 Å². The van der Waals surface area contributed by atoms with Crippen LogP contribution in [0.5, 0.6) is 0 Å². The normalized spacial score (nSPS) is 10.8. The summed E-state index contributed by atoms with van der Waals surface area (Å²) in [7, 11) is 0. The van der Waals surface area contributed by atoms with Crippen molar-refractivity contribution < 1.29 is 4.39 Å². The van der Waals surface area contributed by atoms with Gasteiger partial charge in [0.05, 0.1) is 11.7 Å². The summed E-state index contributed by atoms with van der Waals surface area (Å²) in [4.78, 5) is 27.2. The van der Waals surface area contributed by atoms with Crippen LogP contribution < -0.4 is 11.3 Å². The van der Waals surface area contributed by atoms with Gasteiger partial charge in [0.15, 0.2) is 11.5 Å². The van der Waals surface area contributed by atoms with Crippen LogP contribution in [0.25, 0.3) is 27.6 Å². The number of rotatable bonds is 3. The molecule has 0 aliphatic carbocycles. The number of aromatic amines is 1. The number of imidazole rings is 1. The van der Waals surface area contributed by atoms with E-state index in [2.05, 4.69) is 26.9 Å². The third-order valence-corrected chi connectivity index (χ3v) is 5.12. The van der Waals surface area contributed by atoms with Crippen LogP contribution in [-0.2, 0) is 6.42 Å². The molecule has 0 unspecified atom stereocenters. The Hall–Kier alpha value is -4.07. The Morgan fingerprint density at radius 1 is 1.09 bits per heavy atom. The molecular weight excluding hydrogens is 407 g/mol. The summed E-state index contributed by atoms with van der Waals surface area (Å²) in [5, 5.41) is 0.819. The number of nitrogens with two attached hydrogens (primary N) is 1. The summed E-state index contributed by atoms with van der Waals surface area (Å²) in [5.74, 6) is -0.0334. The summed E-state index contributed by atoms with van der Waals surface area (Å²) in [6, 6.07) is 14.4. The van der Waals surface area contributed by atoms with Crippen molar-refractivity contribution in [3.63, 3.8) is 0 Å². The minimum Gasteiger partial charge on any atom is -0.382 e. The summed E-state index contributed by atoms with van der Waals surface area (Å²) >= 11 is 0. The zero-order valence-electron chi connectivity index (χ0n) is 17.8. The number of H-pyrrole nitrogens is 1. The van der Waals surface area contributed by atoms with Crippen molar-refractivity contribution in [3.05, 3.63) is 88.6 Å². The maximum absolute atomic E-state index is 14.1. The van der Waals surface area contributed by atoms with Gasteiger partial charge in [-0.2, -0.15) is 0 Å². The number of halogens is 1. The molecule has 2 aromatic carbocycles. The Bertz CT molecular complexity index is 1440. The number of fused-ring (bicyclic) bond motifs is 2. The number of anilines is 1. The molecule has 162 valence electrons. The zero-order valence-corrected chi connectivity index (χ0v) is 17.8. The van der Waals surface area contributed by atoms with Crippen LogP contribution in [0.15, 0.2) is 66.0 Å². The van der Waals surface area contributed by atoms with Crippen molar-refractivity contribution in [2.24, 2.45) is 0 Å². The number of aryl methyl sites for hydroxylation is 2. The van der Waals surface area contributed by atoms with E-state index in [-0.39, 0.29) is 10.9 Å². The fourth-order valence-corrected chi connectivity index (χ4v) is 3.57. The van der Waals surface area contributed by atoms with Crippen LogP contribution in [0.1, 0.15) is 24.6 Å². The Balaban J connectivity index is 0.000000203. The molecule has 3 heterocycles. The quantitative estimate of drug-likeness (QED) is 0.444. The first-order valence-corrected chi connectivity index (χ1v) is 10.3. The van der Waals surface area contributed by atoms with Crippen LogP contribution in [0, 0.1) is 12.7 Å². The number of hydrogen-bond donors (Lipinski definition) is 2. The predicted molar refractivity (Wildman–Crippen MR) is 124 cm³/mol. The highest BCUT2D eigenvalue weighted by molar-refractivity contribution is 5.83. The van der Waals surface area contributed by atoms with Gasteiger partial charge in [-0.1, -0.05) is 43.2 Å². The molecule has 5 aromatic rings. The molecule has 0 fully saturated rings. The number of nitrogens with one attached hydrogen (secondary N) is 1. The lowest BCUT2D eigenvalue weighted by atomic mass is 10.1. The zero-order chi connectivity index (χ0) is 22.7. The summed E-state index contributed by atoms with van der Waals surface area (Å²) < 4.78 is 15.7. The molecule has 0 spiro atoms. The molecule has 3 N–H and O–H groups in total. The van der Waals surface area contributed by atoms with Crippen molar-refractivity contribution in [1.29, 1.82) is 0 Å². The van der Waals surface area contributed by atoms with Gasteiger partial charge in [0.1, 0.15) is 17.7 Å². The van der Waals surface area contributed by atoms with Gasteiger partial charge in [-0.15, -0.1) is 0 Å². The topological polar surface area (TPSA) is 102 Å². The second-order valence-electron chi connectivity index (χ2n) is 7.43. The molecule has 7 nitrogen and oxygen atoms in total. The van der Waals surface area contributed by atoms with Crippen LogP contribution >= 0.6 is 0 Å². The highest BCUT2D eigenvalue weighted by atomic mass is 19.1. The molecule has 32 heavy (non-hydrogen) atoms. The van der Waals surface area contributed by atoms with Crippen LogP contribution in [0.2, 0.25) is 0 Å².